The predicted octanol–water partition coefficient (Wildman–Crippen LogP) is 6.13. The molecule has 0 saturated heterocycles. The highest BCUT2D eigenvalue weighted by molar-refractivity contribution is 6.31. The van der Waals surface area contributed by atoms with Gasteiger partial charge in [0, 0.05) is 33.5 Å². The number of amides is 1. The van der Waals surface area contributed by atoms with Crippen molar-refractivity contribution in [2.45, 2.75) is 51.9 Å². The van der Waals surface area contributed by atoms with E-state index in [-0.39, 0.29) is 32.3 Å². The number of anilines is 1. The number of halogens is 1. The van der Waals surface area contributed by atoms with E-state index in [0.717, 1.165) is 24.8 Å². The molecule has 5 aromatic rings. The third-order valence-corrected chi connectivity index (χ3v) is 9.40. The van der Waals surface area contributed by atoms with E-state index in [0.29, 0.717) is 97.3 Å². The van der Waals surface area contributed by atoms with Crippen LogP contribution in [0, 0.1) is 0 Å². The van der Waals surface area contributed by atoms with Crippen LogP contribution in [0.2, 0.25) is 5.02 Å². The summed E-state index contributed by atoms with van der Waals surface area (Å²) in [5, 5.41) is 50.3. The Morgan fingerprint density at radius 1 is 0.722 bits per heavy atom. The normalized spacial score (nSPS) is 13.5. The number of rotatable bonds is 17. The summed E-state index contributed by atoms with van der Waals surface area (Å²) in [6.45, 7) is -0.311. The van der Waals surface area contributed by atoms with E-state index in [4.69, 9.17) is 35.1 Å². The van der Waals surface area contributed by atoms with Crippen molar-refractivity contribution in [1.82, 2.24) is 10.5 Å². The van der Waals surface area contributed by atoms with Crippen molar-refractivity contribution < 1.29 is 48.7 Å². The van der Waals surface area contributed by atoms with E-state index < -0.39 is 6.17 Å². The van der Waals surface area contributed by atoms with Crippen molar-refractivity contribution in [3.8, 4) is 45.6 Å². The van der Waals surface area contributed by atoms with Gasteiger partial charge in [-0.1, -0.05) is 22.8 Å². The second-order valence-electron chi connectivity index (χ2n) is 12.6. The van der Waals surface area contributed by atoms with Crippen LogP contribution in [0.15, 0.2) is 71.3 Å². The molecule has 1 unspecified atom stereocenters. The van der Waals surface area contributed by atoms with Gasteiger partial charge in [-0.15, -0.1) is 0 Å². The second-order valence-corrected chi connectivity index (χ2v) is 13.0. The number of carbonyl (C=O) groups excluding carboxylic acids is 1. The largest absolute Gasteiger partial charge is 0.493 e. The molecule has 0 radical (unpaired) electrons. The first-order valence-electron chi connectivity index (χ1n) is 17.4. The molecule has 1 amide bonds. The van der Waals surface area contributed by atoms with Crippen LogP contribution >= 0.6 is 11.6 Å². The summed E-state index contributed by atoms with van der Waals surface area (Å²) in [6, 6.07) is 19.2. The van der Waals surface area contributed by atoms with E-state index in [1.807, 2.05) is 12.1 Å². The predicted molar refractivity (Wildman–Crippen MR) is 201 cm³/mol. The van der Waals surface area contributed by atoms with Crippen LogP contribution in [0.5, 0.6) is 23.0 Å². The Balaban J connectivity index is 1.02. The van der Waals surface area contributed by atoms with Crippen LogP contribution in [-0.4, -0.2) is 58.9 Å². The van der Waals surface area contributed by atoms with Gasteiger partial charge in [0.25, 0.3) is 5.91 Å². The van der Waals surface area contributed by atoms with Gasteiger partial charge in [0.15, 0.2) is 17.3 Å². The molecule has 54 heavy (non-hydrogen) atoms. The van der Waals surface area contributed by atoms with Gasteiger partial charge in [-0.25, -0.2) is 0 Å². The average molecular weight is 760 g/mol. The molecule has 2 heterocycles. The number of aliphatic hydroxyl groups excluding tert-OH is 4. The van der Waals surface area contributed by atoms with E-state index in [1.54, 1.807) is 54.6 Å². The Kier molecular flexibility index (Phi) is 12.6. The maximum Gasteiger partial charge on any atom is 0.255 e. The van der Waals surface area contributed by atoms with Crippen molar-refractivity contribution >= 4 is 23.2 Å². The number of hydrogen-bond donors (Lipinski definition) is 6. The lowest BCUT2D eigenvalue weighted by molar-refractivity contribution is 0.0935. The summed E-state index contributed by atoms with van der Waals surface area (Å²) in [4.78, 5) is 12.7. The molecule has 4 aromatic carbocycles. The monoisotopic (exact) mass is 759 g/mol. The highest BCUT2D eigenvalue weighted by Crippen LogP contribution is 2.42. The first kappa shape index (κ1) is 38.4. The number of ether oxygens (including phenoxy) is 4. The number of nitrogens with one attached hydrogen (secondary N) is 2. The second kappa shape index (κ2) is 17.7. The van der Waals surface area contributed by atoms with Crippen LogP contribution in [0.25, 0.3) is 22.6 Å². The van der Waals surface area contributed by atoms with Crippen molar-refractivity contribution in [2.75, 3.05) is 32.8 Å². The molecule has 6 N–H and O–H groups in total. The fourth-order valence-corrected chi connectivity index (χ4v) is 6.49. The van der Waals surface area contributed by atoms with E-state index in [2.05, 4.69) is 15.8 Å². The Hall–Kier alpha value is -5.31. The highest BCUT2D eigenvalue weighted by Gasteiger charge is 2.26. The molecule has 6 rings (SSSR count). The Morgan fingerprint density at radius 3 is 2.06 bits per heavy atom. The van der Waals surface area contributed by atoms with E-state index in [1.165, 1.54) is 14.2 Å². The number of carbonyl (C=O) groups is 1. The zero-order chi connectivity index (χ0) is 38.2. The van der Waals surface area contributed by atoms with Gasteiger partial charge in [0.2, 0.25) is 5.75 Å². The molecule has 1 aromatic heterocycles. The van der Waals surface area contributed by atoms with E-state index in [9.17, 15) is 25.2 Å². The summed E-state index contributed by atoms with van der Waals surface area (Å²) in [5.41, 5.74) is 5.75. The van der Waals surface area contributed by atoms with Crippen LogP contribution in [0.4, 0.5) is 5.69 Å². The molecule has 1 aliphatic rings. The number of methoxy groups -OCH3 is 2. The molecule has 0 saturated carbocycles. The topological polar surface area (TPSA) is 185 Å². The molecule has 0 bridgehead atoms. The Labute approximate surface area is 317 Å². The number of fused-ring (bicyclic) bond motifs is 1. The van der Waals surface area contributed by atoms with Gasteiger partial charge in [0.05, 0.1) is 59.4 Å². The van der Waals surface area contributed by atoms with E-state index >= 15 is 0 Å². The van der Waals surface area contributed by atoms with Crippen LogP contribution < -0.4 is 29.6 Å². The number of hydrogen-bond acceptors (Lipinski definition) is 12. The summed E-state index contributed by atoms with van der Waals surface area (Å²) < 4.78 is 29.1. The summed E-state index contributed by atoms with van der Waals surface area (Å²) in [5.74, 6) is 2.10. The number of benzene rings is 4. The van der Waals surface area contributed by atoms with Crippen molar-refractivity contribution in [2.24, 2.45) is 0 Å². The van der Waals surface area contributed by atoms with Crippen LogP contribution in [-0.2, 0) is 26.4 Å². The molecule has 1 aliphatic heterocycles. The number of unbranched alkanes of at least 4 members (excludes halogenated alkanes) is 2. The fourth-order valence-electron chi connectivity index (χ4n) is 6.32. The average Bonchev–Trinajstić information content (AvgIpc) is 3.70. The van der Waals surface area contributed by atoms with Crippen molar-refractivity contribution in [3.63, 3.8) is 0 Å². The van der Waals surface area contributed by atoms with Gasteiger partial charge >= 0.3 is 0 Å². The number of aromatic nitrogens is 1. The van der Waals surface area contributed by atoms with Gasteiger partial charge in [0.1, 0.15) is 17.6 Å². The summed E-state index contributed by atoms with van der Waals surface area (Å²) in [7, 11) is 3.08. The molecule has 284 valence electrons. The standard InChI is InChI=1S/C40H42ClN3O10/c1-50-36-15-24(33-18-35(54-44-33)25-13-26(19-45)31(22-48)27(14-25)20-46)16-37(51-2)38(36)53-11-5-3-4-10-52-34-9-6-23(12-28(34)21-47)39-42-32-8-7-29(41)17-30(32)40(49)43-39/h6-9,12-18,39,42,45-48H,3-5,10-11,19-22H2,1-2H3,(H,43,49). The van der Waals surface area contributed by atoms with Gasteiger partial charge in [-0.3, -0.25) is 4.79 Å². The zero-order valence-corrected chi connectivity index (χ0v) is 30.6. The molecule has 0 fully saturated rings. The molecule has 0 spiro atoms. The van der Waals surface area contributed by atoms with Gasteiger partial charge in [-0.05, 0) is 96.1 Å². The molecule has 1 atom stereocenters. The minimum absolute atomic E-state index is 0.222. The number of aliphatic hydroxyl groups is 4. The Bertz CT molecular complexity index is 2050. The third kappa shape index (κ3) is 8.40. The quantitative estimate of drug-likeness (QED) is 0.0597. The van der Waals surface area contributed by atoms with Crippen LogP contribution in [0.1, 0.15) is 63.6 Å². The van der Waals surface area contributed by atoms with Crippen LogP contribution in [0.3, 0.4) is 0 Å². The van der Waals surface area contributed by atoms with Gasteiger partial charge < -0.3 is 54.5 Å². The zero-order valence-electron chi connectivity index (χ0n) is 29.9. The molecular formula is C40H42ClN3O10. The SMILES string of the molecule is COc1cc(-c2cc(-c3cc(CO)c(CO)c(CO)c3)on2)cc(OC)c1OCCCCCOc1ccc(C2NC(=O)c3cc(Cl)ccc3N2)cc1CO. The fraction of sp³-hybridized carbons (Fsp3) is 0.300. The maximum atomic E-state index is 12.7. The van der Waals surface area contributed by atoms with Gasteiger partial charge in [-0.2, -0.15) is 0 Å². The maximum absolute atomic E-state index is 12.7. The summed E-state index contributed by atoms with van der Waals surface area (Å²) in [6.07, 6.45) is 1.82. The third-order valence-electron chi connectivity index (χ3n) is 9.17. The lowest BCUT2D eigenvalue weighted by Gasteiger charge is -2.28. The minimum atomic E-state index is -0.473. The highest BCUT2D eigenvalue weighted by atomic mass is 35.5. The molecule has 0 aliphatic carbocycles. The Morgan fingerprint density at radius 2 is 1.41 bits per heavy atom. The lowest BCUT2D eigenvalue weighted by Crippen LogP contribution is -2.38. The molecular weight excluding hydrogens is 718 g/mol. The molecule has 14 heteroatoms. The smallest absolute Gasteiger partial charge is 0.255 e. The lowest BCUT2D eigenvalue weighted by atomic mass is 9.97. The molecule has 13 nitrogen and oxygen atoms in total. The van der Waals surface area contributed by atoms with Crippen molar-refractivity contribution in [1.29, 1.82) is 0 Å². The van der Waals surface area contributed by atoms with Crippen molar-refractivity contribution in [3.05, 3.63) is 105 Å². The first-order chi connectivity index (χ1) is 26.3. The first-order valence-corrected chi connectivity index (χ1v) is 17.7. The minimum Gasteiger partial charge on any atom is -0.493 e. The summed E-state index contributed by atoms with van der Waals surface area (Å²) >= 11 is 6.05. The number of nitrogens with zero attached hydrogens (tertiary/aromatic N) is 1.